The van der Waals surface area contributed by atoms with E-state index in [4.69, 9.17) is 27.6 Å². The summed E-state index contributed by atoms with van der Waals surface area (Å²) >= 11 is 11.7. The van der Waals surface area contributed by atoms with Gasteiger partial charge in [-0.1, -0.05) is 23.2 Å². The van der Waals surface area contributed by atoms with Gasteiger partial charge in [-0.2, -0.15) is 0 Å². The molecule has 0 aliphatic rings. The van der Waals surface area contributed by atoms with Crippen molar-refractivity contribution in [2.45, 2.75) is 6.42 Å². The topological polar surface area (TPSA) is 91.7 Å². The van der Waals surface area contributed by atoms with Crippen LogP contribution in [0.15, 0.2) is 41.2 Å². The maximum absolute atomic E-state index is 12.0. The normalized spacial score (nSPS) is 10.3. The third-order valence-corrected chi connectivity index (χ3v) is 4.16. The van der Waals surface area contributed by atoms with E-state index < -0.39 is 0 Å². The van der Waals surface area contributed by atoms with Gasteiger partial charge in [-0.05, 0) is 24.3 Å². The van der Waals surface area contributed by atoms with E-state index in [1.807, 2.05) is 0 Å². The summed E-state index contributed by atoms with van der Waals surface area (Å²) in [5, 5.41) is 5.94. The highest BCUT2D eigenvalue weighted by Gasteiger charge is 2.14. The first-order valence-electron chi connectivity index (χ1n) is 7.66. The van der Waals surface area contributed by atoms with E-state index in [1.54, 1.807) is 12.1 Å². The summed E-state index contributed by atoms with van der Waals surface area (Å²) in [5.74, 6) is -0.977. The fourth-order valence-corrected chi connectivity index (χ4v) is 2.35. The number of carbonyl (C=O) groups is 3. The number of benzene rings is 1. The minimum atomic E-state index is -0.373. The molecule has 1 heterocycles. The van der Waals surface area contributed by atoms with Crippen molar-refractivity contribution in [2.75, 3.05) is 25.5 Å². The number of nitrogens with one attached hydrogen (secondary N) is 2. The van der Waals surface area contributed by atoms with Gasteiger partial charge in [0.25, 0.3) is 5.91 Å². The average molecular weight is 398 g/mol. The van der Waals surface area contributed by atoms with Gasteiger partial charge in [0.2, 0.25) is 11.8 Å². The van der Waals surface area contributed by atoms with Crippen molar-refractivity contribution in [1.29, 1.82) is 0 Å². The van der Waals surface area contributed by atoms with Gasteiger partial charge < -0.3 is 20.0 Å². The molecule has 2 aromatic rings. The van der Waals surface area contributed by atoms with Crippen LogP contribution < -0.4 is 10.6 Å². The van der Waals surface area contributed by atoms with E-state index in [0.29, 0.717) is 21.3 Å². The van der Waals surface area contributed by atoms with Gasteiger partial charge in [0, 0.05) is 25.7 Å². The smallest absolute Gasteiger partial charge is 0.254 e. The van der Waals surface area contributed by atoms with Gasteiger partial charge in [0.05, 0.1) is 28.4 Å². The lowest BCUT2D eigenvalue weighted by atomic mass is 10.3. The fraction of sp³-hybridized carbons (Fsp3) is 0.235. The van der Waals surface area contributed by atoms with E-state index in [9.17, 15) is 14.4 Å². The van der Waals surface area contributed by atoms with Crippen LogP contribution in [0.3, 0.4) is 0 Å². The van der Waals surface area contributed by atoms with Gasteiger partial charge in [0.15, 0.2) is 0 Å². The van der Waals surface area contributed by atoms with Crippen molar-refractivity contribution in [2.24, 2.45) is 0 Å². The maximum atomic E-state index is 12.0. The lowest BCUT2D eigenvalue weighted by molar-refractivity contribution is -0.133. The Morgan fingerprint density at radius 2 is 1.92 bits per heavy atom. The fourth-order valence-electron chi connectivity index (χ4n) is 2.05. The molecule has 0 saturated carbocycles. The van der Waals surface area contributed by atoms with Crippen LogP contribution in [0, 0.1) is 0 Å². The highest BCUT2D eigenvalue weighted by molar-refractivity contribution is 6.42. The Bertz CT molecular complexity index is 793. The summed E-state index contributed by atoms with van der Waals surface area (Å²) in [6.07, 6.45) is 2.77. The predicted molar refractivity (Wildman–Crippen MR) is 98.4 cm³/mol. The van der Waals surface area contributed by atoms with Gasteiger partial charge in [0.1, 0.15) is 6.26 Å². The van der Waals surface area contributed by atoms with Crippen LogP contribution in [-0.2, 0) is 9.59 Å². The molecule has 3 amide bonds. The maximum Gasteiger partial charge on any atom is 0.254 e. The summed E-state index contributed by atoms with van der Waals surface area (Å²) in [6.45, 7) is 0.0242. The number of halogens is 2. The number of carbonyl (C=O) groups excluding carboxylic acids is 3. The standard InChI is InChI=1S/C17H17Cl2N3O4/c1-22(9-15(23)21-12-2-3-13(18)14(19)8-12)16(24)4-6-20-17(25)11-5-7-26-10-11/h2-3,5,7-8,10H,4,6,9H2,1H3,(H,20,25)(H,21,23). The minimum Gasteiger partial charge on any atom is -0.472 e. The molecule has 1 aromatic carbocycles. The van der Waals surface area contributed by atoms with Crippen molar-refractivity contribution < 1.29 is 18.8 Å². The number of likely N-dealkylation sites (N-methyl/N-ethyl adjacent to an activating group) is 1. The molecule has 0 spiro atoms. The molecule has 0 saturated heterocycles. The van der Waals surface area contributed by atoms with Crippen molar-refractivity contribution >= 4 is 46.6 Å². The molecule has 1 aromatic heterocycles. The van der Waals surface area contributed by atoms with Crippen LogP contribution in [0.2, 0.25) is 10.0 Å². The third-order valence-electron chi connectivity index (χ3n) is 3.42. The van der Waals surface area contributed by atoms with Crippen molar-refractivity contribution in [3.8, 4) is 0 Å². The summed E-state index contributed by atoms with van der Waals surface area (Å²) in [6, 6.07) is 6.22. The second kappa shape index (κ2) is 9.26. The molecule has 7 nitrogen and oxygen atoms in total. The molecule has 0 unspecified atom stereocenters. The van der Waals surface area contributed by atoms with E-state index in [0.717, 1.165) is 0 Å². The monoisotopic (exact) mass is 397 g/mol. The van der Waals surface area contributed by atoms with E-state index in [1.165, 1.54) is 36.6 Å². The summed E-state index contributed by atoms with van der Waals surface area (Å²) in [7, 11) is 1.51. The van der Waals surface area contributed by atoms with E-state index in [2.05, 4.69) is 10.6 Å². The quantitative estimate of drug-likeness (QED) is 0.751. The van der Waals surface area contributed by atoms with Crippen LogP contribution in [0.25, 0.3) is 0 Å². The summed E-state index contributed by atoms with van der Waals surface area (Å²) in [5.41, 5.74) is 0.865. The van der Waals surface area contributed by atoms with Gasteiger partial charge >= 0.3 is 0 Å². The first-order valence-corrected chi connectivity index (χ1v) is 8.41. The van der Waals surface area contributed by atoms with Gasteiger partial charge in [-0.15, -0.1) is 0 Å². The van der Waals surface area contributed by atoms with Gasteiger partial charge in [-0.25, -0.2) is 0 Å². The molecule has 0 radical (unpaired) electrons. The highest BCUT2D eigenvalue weighted by Crippen LogP contribution is 2.24. The van der Waals surface area contributed by atoms with Crippen LogP contribution in [0.1, 0.15) is 16.8 Å². The Morgan fingerprint density at radius 3 is 2.58 bits per heavy atom. The molecule has 0 aliphatic carbocycles. The second-order valence-electron chi connectivity index (χ2n) is 5.44. The Labute approximate surface area is 160 Å². The molecule has 26 heavy (non-hydrogen) atoms. The number of rotatable bonds is 7. The largest absolute Gasteiger partial charge is 0.472 e. The zero-order valence-corrected chi connectivity index (χ0v) is 15.4. The first-order chi connectivity index (χ1) is 12.4. The summed E-state index contributed by atoms with van der Waals surface area (Å²) in [4.78, 5) is 37.0. The Balaban J connectivity index is 1.74. The van der Waals surface area contributed by atoms with Crippen LogP contribution in [0.4, 0.5) is 5.69 Å². The number of furan rings is 1. The van der Waals surface area contributed by atoms with Gasteiger partial charge in [-0.3, -0.25) is 14.4 Å². The number of anilines is 1. The number of nitrogens with zero attached hydrogens (tertiary/aromatic N) is 1. The number of amides is 3. The van der Waals surface area contributed by atoms with Crippen molar-refractivity contribution in [3.05, 3.63) is 52.4 Å². The molecule has 0 bridgehead atoms. The Morgan fingerprint density at radius 1 is 1.15 bits per heavy atom. The molecule has 0 aliphatic heterocycles. The van der Waals surface area contributed by atoms with E-state index in [-0.39, 0.29) is 37.2 Å². The Kier molecular flexibility index (Phi) is 7.06. The molecular formula is C17H17Cl2N3O4. The minimum absolute atomic E-state index is 0.0696. The molecule has 2 rings (SSSR count). The third kappa shape index (κ3) is 5.79. The zero-order chi connectivity index (χ0) is 19.1. The molecule has 138 valence electrons. The molecule has 0 atom stereocenters. The molecule has 0 fully saturated rings. The number of hydrogen-bond donors (Lipinski definition) is 2. The molecular weight excluding hydrogens is 381 g/mol. The van der Waals surface area contributed by atoms with E-state index >= 15 is 0 Å². The second-order valence-corrected chi connectivity index (χ2v) is 6.26. The van der Waals surface area contributed by atoms with Crippen LogP contribution in [-0.4, -0.2) is 42.8 Å². The summed E-state index contributed by atoms with van der Waals surface area (Å²) < 4.78 is 4.81. The number of hydrogen-bond acceptors (Lipinski definition) is 4. The predicted octanol–water partition coefficient (Wildman–Crippen LogP) is 2.80. The lowest BCUT2D eigenvalue weighted by Crippen LogP contribution is -2.37. The Hall–Kier alpha value is -2.51. The van der Waals surface area contributed by atoms with Crippen LogP contribution in [0.5, 0.6) is 0 Å². The first kappa shape index (κ1) is 19.8. The average Bonchev–Trinajstić information content (AvgIpc) is 3.12. The van der Waals surface area contributed by atoms with Crippen molar-refractivity contribution in [3.63, 3.8) is 0 Å². The highest BCUT2D eigenvalue weighted by atomic mass is 35.5. The molecule has 9 heteroatoms. The van der Waals surface area contributed by atoms with Crippen LogP contribution >= 0.6 is 23.2 Å². The SMILES string of the molecule is CN(CC(=O)Nc1ccc(Cl)c(Cl)c1)C(=O)CCNC(=O)c1ccoc1. The molecule has 2 N–H and O–H groups in total. The zero-order valence-electron chi connectivity index (χ0n) is 13.9. The lowest BCUT2D eigenvalue weighted by Gasteiger charge is -2.17. The van der Waals surface area contributed by atoms with Crippen molar-refractivity contribution in [1.82, 2.24) is 10.2 Å².